The molecule has 1 heterocycles. The van der Waals surface area contributed by atoms with Crippen LogP contribution in [0.25, 0.3) is 0 Å². The molecule has 0 bridgehead atoms. The van der Waals surface area contributed by atoms with Crippen molar-refractivity contribution in [2.24, 2.45) is 16.3 Å². The molecule has 0 atom stereocenters. The summed E-state index contributed by atoms with van der Waals surface area (Å²) < 4.78 is 0. The van der Waals surface area contributed by atoms with Gasteiger partial charge in [0, 0.05) is 0 Å². The third-order valence-corrected chi connectivity index (χ3v) is 3.90. The highest BCUT2D eigenvalue weighted by Crippen LogP contribution is 2.31. The Morgan fingerprint density at radius 3 is 1.76 bits per heavy atom. The number of hydrazone groups is 1. The first-order valence-corrected chi connectivity index (χ1v) is 6.93. The van der Waals surface area contributed by atoms with E-state index < -0.39 is 5.41 Å². The van der Waals surface area contributed by atoms with Crippen molar-refractivity contribution >= 4 is 11.7 Å². The first-order valence-electron chi connectivity index (χ1n) is 6.93. The molecule has 1 amide bonds. The molecule has 2 aromatic carbocycles. The fourth-order valence-corrected chi connectivity index (χ4v) is 2.73. The largest absolute Gasteiger partial charge is 0.385 e. The van der Waals surface area contributed by atoms with Crippen molar-refractivity contribution in [3.8, 4) is 0 Å². The van der Waals surface area contributed by atoms with Gasteiger partial charge in [0.25, 0.3) is 5.91 Å². The Labute approximate surface area is 123 Å². The number of benzene rings is 2. The van der Waals surface area contributed by atoms with E-state index in [0.29, 0.717) is 18.7 Å². The van der Waals surface area contributed by atoms with Gasteiger partial charge >= 0.3 is 0 Å². The van der Waals surface area contributed by atoms with E-state index in [1.165, 1.54) is 0 Å². The smallest absolute Gasteiger partial charge is 0.254 e. The maximum atomic E-state index is 12.4. The molecule has 0 radical (unpaired) electrons. The molecular weight excluding hydrogens is 262 g/mol. The molecule has 0 aromatic heterocycles. The third kappa shape index (κ3) is 2.52. The lowest BCUT2D eigenvalue weighted by atomic mass is 9.75. The van der Waals surface area contributed by atoms with Crippen LogP contribution < -0.4 is 11.2 Å². The molecule has 2 aromatic rings. The number of hydrogen-bond donors (Lipinski definition) is 2. The molecule has 3 N–H and O–H groups in total. The van der Waals surface area contributed by atoms with E-state index in [9.17, 15) is 4.79 Å². The van der Waals surface area contributed by atoms with Crippen molar-refractivity contribution in [3.05, 3.63) is 71.8 Å². The fourth-order valence-electron chi connectivity index (χ4n) is 2.73. The van der Waals surface area contributed by atoms with Crippen LogP contribution in [0.5, 0.6) is 0 Å². The minimum atomic E-state index is -0.803. The standard InChI is InChI=1S/C17H17N3O/c18-15-17(16(21)20-19-15,11-13-7-3-1-4-8-13)12-14-9-5-2-6-10-14/h1-10H,11-12H2,(H2,18,19)(H,20,21). The molecule has 0 saturated heterocycles. The normalized spacial score (nSPS) is 16.4. The van der Waals surface area contributed by atoms with E-state index in [-0.39, 0.29) is 5.91 Å². The molecule has 0 spiro atoms. The Balaban J connectivity index is 1.96. The second-order valence-corrected chi connectivity index (χ2v) is 5.34. The first kappa shape index (κ1) is 13.4. The highest BCUT2D eigenvalue weighted by Gasteiger charge is 2.46. The summed E-state index contributed by atoms with van der Waals surface area (Å²) >= 11 is 0. The average Bonchev–Trinajstić information content (AvgIpc) is 2.78. The Bertz CT molecular complexity index is 623. The van der Waals surface area contributed by atoms with Gasteiger partial charge in [0.2, 0.25) is 0 Å². The number of nitrogens with two attached hydrogens (primary N) is 1. The number of rotatable bonds is 4. The lowest BCUT2D eigenvalue weighted by Crippen LogP contribution is -2.45. The van der Waals surface area contributed by atoms with Gasteiger partial charge in [0.05, 0.1) is 0 Å². The van der Waals surface area contributed by atoms with Crippen LogP contribution in [-0.4, -0.2) is 11.7 Å². The summed E-state index contributed by atoms with van der Waals surface area (Å²) in [7, 11) is 0. The Morgan fingerprint density at radius 2 is 1.38 bits per heavy atom. The number of carbonyl (C=O) groups is 1. The molecule has 106 valence electrons. The number of amides is 1. The quantitative estimate of drug-likeness (QED) is 0.897. The van der Waals surface area contributed by atoms with Crippen LogP contribution in [0.15, 0.2) is 65.8 Å². The second kappa shape index (κ2) is 5.40. The average molecular weight is 279 g/mol. The molecule has 0 unspecified atom stereocenters. The molecule has 4 nitrogen and oxygen atoms in total. The van der Waals surface area contributed by atoms with Crippen LogP contribution in [0, 0.1) is 5.41 Å². The number of nitrogens with one attached hydrogen (secondary N) is 1. The van der Waals surface area contributed by atoms with Crippen LogP contribution in [-0.2, 0) is 17.6 Å². The summed E-state index contributed by atoms with van der Waals surface area (Å²) in [5.41, 5.74) is 9.93. The molecular formula is C17H17N3O. The highest BCUT2D eigenvalue weighted by atomic mass is 16.2. The number of nitrogens with zero attached hydrogens (tertiary/aromatic N) is 1. The van der Waals surface area contributed by atoms with E-state index in [1.807, 2.05) is 60.7 Å². The van der Waals surface area contributed by atoms with Gasteiger partial charge in [-0.25, -0.2) is 5.43 Å². The van der Waals surface area contributed by atoms with Gasteiger partial charge in [-0.15, -0.1) is 0 Å². The van der Waals surface area contributed by atoms with Crippen molar-refractivity contribution in [1.82, 2.24) is 5.43 Å². The van der Waals surface area contributed by atoms with Crippen LogP contribution in [0.4, 0.5) is 0 Å². The number of carbonyl (C=O) groups excluding carboxylic acids is 1. The van der Waals surface area contributed by atoms with E-state index in [1.54, 1.807) is 0 Å². The molecule has 21 heavy (non-hydrogen) atoms. The Kier molecular flexibility index (Phi) is 3.44. The summed E-state index contributed by atoms with van der Waals surface area (Å²) in [5.74, 6) is 0.230. The minimum Gasteiger partial charge on any atom is -0.385 e. The summed E-state index contributed by atoms with van der Waals surface area (Å²) in [6.07, 6.45) is 1.09. The molecule has 1 aliphatic rings. The lowest BCUT2D eigenvalue weighted by molar-refractivity contribution is -0.126. The van der Waals surface area contributed by atoms with Gasteiger partial charge in [-0.05, 0) is 24.0 Å². The van der Waals surface area contributed by atoms with E-state index in [4.69, 9.17) is 5.73 Å². The van der Waals surface area contributed by atoms with Crippen LogP contribution in [0.2, 0.25) is 0 Å². The van der Waals surface area contributed by atoms with Gasteiger partial charge in [-0.2, -0.15) is 5.10 Å². The lowest BCUT2D eigenvalue weighted by Gasteiger charge is -2.26. The summed E-state index contributed by atoms with van der Waals surface area (Å²) in [4.78, 5) is 12.4. The third-order valence-electron chi connectivity index (χ3n) is 3.90. The predicted molar refractivity (Wildman–Crippen MR) is 82.5 cm³/mol. The zero-order chi connectivity index (χ0) is 14.7. The van der Waals surface area contributed by atoms with E-state index >= 15 is 0 Å². The van der Waals surface area contributed by atoms with Gasteiger partial charge in [0.1, 0.15) is 11.3 Å². The monoisotopic (exact) mass is 279 g/mol. The van der Waals surface area contributed by atoms with Crippen molar-refractivity contribution in [2.45, 2.75) is 12.8 Å². The van der Waals surface area contributed by atoms with Crippen LogP contribution in [0.3, 0.4) is 0 Å². The van der Waals surface area contributed by atoms with Crippen molar-refractivity contribution in [3.63, 3.8) is 0 Å². The second-order valence-electron chi connectivity index (χ2n) is 5.34. The van der Waals surface area contributed by atoms with Gasteiger partial charge < -0.3 is 5.73 Å². The molecule has 0 fully saturated rings. The highest BCUT2D eigenvalue weighted by molar-refractivity contribution is 6.11. The zero-order valence-corrected chi connectivity index (χ0v) is 11.6. The van der Waals surface area contributed by atoms with Crippen molar-refractivity contribution in [1.29, 1.82) is 0 Å². The number of amidine groups is 1. The van der Waals surface area contributed by atoms with Crippen molar-refractivity contribution < 1.29 is 4.79 Å². The molecule has 4 heteroatoms. The summed E-state index contributed by atoms with van der Waals surface area (Å²) in [5, 5.41) is 3.96. The van der Waals surface area contributed by atoms with Crippen LogP contribution in [0.1, 0.15) is 11.1 Å². The molecule has 3 rings (SSSR count). The maximum Gasteiger partial charge on any atom is 0.254 e. The Morgan fingerprint density at radius 1 is 0.905 bits per heavy atom. The summed E-state index contributed by atoms with van der Waals surface area (Å²) in [6.45, 7) is 0. The van der Waals surface area contributed by atoms with Gasteiger partial charge in [0.15, 0.2) is 0 Å². The molecule has 1 aliphatic heterocycles. The SMILES string of the molecule is NC1=NNC(=O)C1(Cc1ccccc1)Cc1ccccc1. The molecule has 0 aliphatic carbocycles. The summed E-state index contributed by atoms with van der Waals surface area (Å²) in [6, 6.07) is 19.8. The first-order chi connectivity index (χ1) is 10.2. The van der Waals surface area contributed by atoms with E-state index in [0.717, 1.165) is 11.1 Å². The van der Waals surface area contributed by atoms with Gasteiger partial charge in [-0.1, -0.05) is 60.7 Å². The van der Waals surface area contributed by atoms with E-state index in [2.05, 4.69) is 10.5 Å². The van der Waals surface area contributed by atoms with Gasteiger partial charge in [-0.3, -0.25) is 4.79 Å². The Hall–Kier alpha value is -2.62. The predicted octanol–water partition coefficient (Wildman–Crippen LogP) is 1.86. The minimum absolute atomic E-state index is 0.132. The number of hydrogen-bond acceptors (Lipinski definition) is 3. The van der Waals surface area contributed by atoms with Crippen molar-refractivity contribution in [2.75, 3.05) is 0 Å². The fraction of sp³-hybridized carbons (Fsp3) is 0.176. The van der Waals surface area contributed by atoms with Crippen LogP contribution >= 0.6 is 0 Å². The molecule has 0 saturated carbocycles. The zero-order valence-electron chi connectivity index (χ0n) is 11.6. The maximum absolute atomic E-state index is 12.4. The topological polar surface area (TPSA) is 67.5 Å².